The van der Waals surface area contributed by atoms with Crippen LogP contribution in [0.15, 0.2) is 77.7 Å². The van der Waals surface area contributed by atoms with Gasteiger partial charge in [0.15, 0.2) is 11.5 Å². The fourth-order valence-electron chi connectivity index (χ4n) is 3.52. The lowest BCUT2D eigenvalue weighted by atomic mass is 10.2. The normalized spacial score (nSPS) is 11.1. The summed E-state index contributed by atoms with van der Waals surface area (Å²) in [6.45, 7) is 5.77. The number of carbonyl (C=O) groups is 1. The van der Waals surface area contributed by atoms with Crippen molar-refractivity contribution in [2.75, 3.05) is 24.6 Å². The van der Waals surface area contributed by atoms with E-state index >= 15 is 0 Å². The van der Waals surface area contributed by atoms with Gasteiger partial charge in [0, 0.05) is 6.54 Å². The number of carbonyl (C=O) groups excluding carboxylic acids is 1. The molecule has 3 rings (SSSR count). The third kappa shape index (κ3) is 6.69. The van der Waals surface area contributed by atoms with Crippen molar-refractivity contribution < 1.29 is 27.4 Å². The molecule has 1 N–H and O–H groups in total. The molecule has 1 amide bonds. The number of amides is 1. The summed E-state index contributed by atoms with van der Waals surface area (Å²) < 4.78 is 45.0. The zero-order valence-corrected chi connectivity index (χ0v) is 21.7. The van der Waals surface area contributed by atoms with Crippen LogP contribution in [0.4, 0.5) is 5.69 Å². The second-order valence-electron chi connectivity index (χ2n) is 8.15. The molecule has 0 spiro atoms. The molecule has 0 aliphatic carbocycles. The van der Waals surface area contributed by atoms with Crippen molar-refractivity contribution in [3.05, 3.63) is 78.4 Å². The fourth-order valence-corrected chi connectivity index (χ4v) is 4.97. The van der Waals surface area contributed by atoms with Crippen molar-refractivity contribution in [3.8, 4) is 17.2 Å². The number of para-hydroxylation sites is 2. The maximum absolute atomic E-state index is 13.6. The van der Waals surface area contributed by atoms with E-state index in [9.17, 15) is 13.2 Å². The van der Waals surface area contributed by atoms with Gasteiger partial charge >= 0.3 is 0 Å². The molecule has 9 heteroatoms. The van der Waals surface area contributed by atoms with E-state index in [-0.39, 0.29) is 23.2 Å². The summed E-state index contributed by atoms with van der Waals surface area (Å²) in [5.41, 5.74) is 1.07. The lowest BCUT2D eigenvalue weighted by Gasteiger charge is -2.26. The van der Waals surface area contributed by atoms with Gasteiger partial charge in [0.1, 0.15) is 12.3 Å². The molecule has 0 atom stereocenters. The van der Waals surface area contributed by atoms with Crippen LogP contribution in [0.1, 0.15) is 26.3 Å². The van der Waals surface area contributed by atoms with Gasteiger partial charge in [-0.2, -0.15) is 0 Å². The Labute approximate surface area is 212 Å². The molecule has 0 saturated carbocycles. The Morgan fingerprint density at radius 2 is 1.64 bits per heavy atom. The van der Waals surface area contributed by atoms with Crippen molar-refractivity contribution in [2.24, 2.45) is 0 Å². The van der Waals surface area contributed by atoms with Crippen LogP contribution < -0.4 is 23.8 Å². The number of benzene rings is 3. The summed E-state index contributed by atoms with van der Waals surface area (Å²) in [6, 6.07) is 20.1. The van der Waals surface area contributed by atoms with Crippen molar-refractivity contribution in [1.29, 1.82) is 0 Å². The lowest BCUT2D eigenvalue weighted by Crippen LogP contribution is -2.40. The van der Waals surface area contributed by atoms with Gasteiger partial charge in [-0.1, -0.05) is 36.4 Å². The van der Waals surface area contributed by atoms with Crippen LogP contribution in [0.25, 0.3) is 0 Å². The third-order valence-corrected chi connectivity index (χ3v) is 6.91. The van der Waals surface area contributed by atoms with Gasteiger partial charge in [-0.25, -0.2) is 8.42 Å². The summed E-state index contributed by atoms with van der Waals surface area (Å²) in [5.74, 6) is 1.06. The lowest BCUT2D eigenvalue weighted by molar-refractivity contribution is -0.119. The predicted molar refractivity (Wildman–Crippen MR) is 139 cm³/mol. The molecule has 3 aromatic rings. The van der Waals surface area contributed by atoms with Gasteiger partial charge in [0.2, 0.25) is 5.91 Å². The highest BCUT2D eigenvalue weighted by Gasteiger charge is 2.29. The van der Waals surface area contributed by atoms with E-state index in [1.54, 1.807) is 61.7 Å². The molecule has 0 saturated heterocycles. The number of hydrogen-bond donors (Lipinski definition) is 1. The van der Waals surface area contributed by atoms with E-state index in [4.69, 9.17) is 14.2 Å². The molecular formula is C27H32N2O6S. The monoisotopic (exact) mass is 512 g/mol. The smallest absolute Gasteiger partial charge is 0.264 e. The van der Waals surface area contributed by atoms with Crippen molar-refractivity contribution >= 4 is 21.6 Å². The highest BCUT2D eigenvalue weighted by atomic mass is 32.2. The second-order valence-corrected chi connectivity index (χ2v) is 10.0. The Hall–Kier alpha value is -3.72. The number of nitrogens with zero attached hydrogens (tertiary/aromatic N) is 1. The Morgan fingerprint density at radius 1 is 0.944 bits per heavy atom. The van der Waals surface area contributed by atoms with E-state index < -0.39 is 22.5 Å². The molecule has 0 radical (unpaired) electrons. The standard InChI is InChI=1S/C27H32N2O6S/c1-5-34-24-14-10-9-13-23(24)29(36(31,32)22-11-7-6-8-12-22)19-27(30)28-18-21-15-16-25(35-20(2)3)26(17-21)33-4/h6-17,20H,5,18-19H2,1-4H3,(H,28,30). The summed E-state index contributed by atoms with van der Waals surface area (Å²) >= 11 is 0. The number of anilines is 1. The second kappa shape index (κ2) is 12.3. The Balaban J connectivity index is 1.84. The summed E-state index contributed by atoms with van der Waals surface area (Å²) in [7, 11) is -2.50. The van der Waals surface area contributed by atoms with Crippen LogP contribution in [0.3, 0.4) is 0 Å². The van der Waals surface area contributed by atoms with Gasteiger partial charge in [-0.15, -0.1) is 0 Å². The molecular weight excluding hydrogens is 480 g/mol. The quantitative estimate of drug-likeness (QED) is 0.387. The van der Waals surface area contributed by atoms with Gasteiger partial charge in [-0.05, 0) is 62.7 Å². The van der Waals surface area contributed by atoms with Crippen LogP contribution in [-0.4, -0.2) is 40.7 Å². The molecule has 0 aliphatic heterocycles. The predicted octanol–water partition coefficient (Wildman–Crippen LogP) is 4.39. The van der Waals surface area contributed by atoms with Gasteiger partial charge < -0.3 is 19.5 Å². The Bertz CT molecular complexity index is 1260. The summed E-state index contributed by atoms with van der Waals surface area (Å²) in [4.78, 5) is 13.1. The van der Waals surface area contributed by atoms with Crippen LogP contribution in [0, 0.1) is 0 Å². The number of methoxy groups -OCH3 is 1. The zero-order valence-electron chi connectivity index (χ0n) is 20.9. The molecule has 0 unspecified atom stereocenters. The molecule has 0 bridgehead atoms. The number of ether oxygens (including phenoxy) is 3. The summed E-state index contributed by atoms with van der Waals surface area (Å²) in [5, 5.41) is 2.80. The molecule has 8 nitrogen and oxygen atoms in total. The average Bonchev–Trinajstić information content (AvgIpc) is 2.87. The van der Waals surface area contributed by atoms with E-state index in [0.717, 1.165) is 9.87 Å². The highest BCUT2D eigenvalue weighted by Crippen LogP contribution is 2.32. The minimum Gasteiger partial charge on any atom is -0.493 e. The van der Waals surface area contributed by atoms with E-state index in [0.29, 0.717) is 23.9 Å². The molecule has 3 aromatic carbocycles. The maximum atomic E-state index is 13.6. The first-order chi connectivity index (χ1) is 17.3. The highest BCUT2D eigenvalue weighted by molar-refractivity contribution is 7.92. The first-order valence-corrected chi connectivity index (χ1v) is 13.1. The molecule has 0 aromatic heterocycles. The van der Waals surface area contributed by atoms with E-state index in [1.165, 1.54) is 12.1 Å². The first kappa shape index (κ1) is 26.9. The van der Waals surface area contributed by atoms with Crippen molar-refractivity contribution in [3.63, 3.8) is 0 Å². The largest absolute Gasteiger partial charge is 0.493 e. The number of rotatable bonds is 12. The van der Waals surface area contributed by atoms with Crippen LogP contribution in [0.5, 0.6) is 17.2 Å². The van der Waals surface area contributed by atoms with E-state index in [2.05, 4.69) is 5.32 Å². The van der Waals surface area contributed by atoms with Crippen LogP contribution in [-0.2, 0) is 21.4 Å². The Kier molecular flexibility index (Phi) is 9.19. The van der Waals surface area contributed by atoms with Crippen molar-refractivity contribution in [2.45, 2.75) is 38.3 Å². The number of nitrogens with one attached hydrogen (secondary N) is 1. The zero-order chi connectivity index (χ0) is 26.1. The van der Waals surface area contributed by atoms with Crippen LogP contribution >= 0.6 is 0 Å². The summed E-state index contributed by atoms with van der Waals surface area (Å²) in [6.07, 6.45) is -0.0124. The maximum Gasteiger partial charge on any atom is 0.264 e. The average molecular weight is 513 g/mol. The Morgan fingerprint density at radius 3 is 2.31 bits per heavy atom. The topological polar surface area (TPSA) is 94.2 Å². The SMILES string of the molecule is CCOc1ccccc1N(CC(=O)NCc1ccc(OC(C)C)c(OC)c1)S(=O)(=O)c1ccccc1. The van der Waals surface area contributed by atoms with E-state index in [1.807, 2.05) is 26.8 Å². The minimum absolute atomic E-state index is 0.0124. The molecule has 36 heavy (non-hydrogen) atoms. The molecule has 192 valence electrons. The van der Waals surface area contributed by atoms with Gasteiger partial charge in [0.05, 0.1) is 30.4 Å². The van der Waals surface area contributed by atoms with Gasteiger partial charge in [-0.3, -0.25) is 9.10 Å². The minimum atomic E-state index is -4.04. The molecule has 0 fully saturated rings. The fraction of sp³-hybridized carbons (Fsp3) is 0.296. The molecule has 0 heterocycles. The van der Waals surface area contributed by atoms with Crippen LogP contribution in [0.2, 0.25) is 0 Å². The first-order valence-electron chi connectivity index (χ1n) is 11.7. The van der Waals surface area contributed by atoms with Crippen molar-refractivity contribution in [1.82, 2.24) is 5.32 Å². The van der Waals surface area contributed by atoms with Gasteiger partial charge in [0.25, 0.3) is 10.0 Å². The molecule has 0 aliphatic rings. The number of sulfonamides is 1. The number of hydrogen-bond acceptors (Lipinski definition) is 6. The third-order valence-electron chi connectivity index (χ3n) is 5.13.